The lowest BCUT2D eigenvalue weighted by atomic mass is 10.1. The Hall–Kier alpha value is -2.05. The first kappa shape index (κ1) is 14.0. The van der Waals surface area contributed by atoms with E-state index in [-0.39, 0.29) is 5.56 Å². The third-order valence-corrected chi connectivity index (χ3v) is 2.25. The van der Waals surface area contributed by atoms with Crippen LogP contribution in [-0.4, -0.2) is 17.9 Å². The maximum atomic E-state index is 12.3. The van der Waals surface area contributed by atoms with Gasteiger partial charge in [-0.05, 0) is 31.2 Å². The van der Waals surface area contributed by atoms with Crippen LogP contribution in [0.3, 0.4) is 0 Å². The Morgan fingerprint density at radius 1 is 1.22 bits per heavy atom. The molecule has 1 aromatic carbocycles. The van der Waals surface area contributed by atoms with Gasteiger partial charge in [0.2, 0.25) is 5.91 Å². The van der Waals surface area contributed by atoms with Crippen LogP contribution in [0.15, 0.2) is 24.3 Å². The second kappa shape index (κ2) is 5.07. The van der Waals surface area contributed by atoms with E-state index >= 15 is 0 Å². The van der Waals surface area contributed by atoms with Crippen LogP contribution in [0.1, 0.15) is 22.8 Å². The van der Waals surface area contributed by atoms with E-state index < -0.39 is 29.6 Å². The molecule has 1 atom stereocenters. The van der Waals surface area contributed by atoms with Crippen LogP contribution in [0.25, 0.3) is 0 Å². The number of rotatable bonds is 3. The summed E-state index contributed by atoms with van der Waals surface area (Å²) in [5.41, 5.74) is 4.12. The summed E-state index contributed by atoms with van der Waals surface area (Å²) in [6, 6.07) is 2.77. The Morgan fingerprint density at radius 3 is 2.11 bits per heavy atom. The summed E-state index contributed by atoms with van der Waals surface area (Å²) in [5.74, 6) is -1.38. The number of benzene rings is 1. The molecule has 7 heteroatoms. The molecule has 0 aliphatic rings. The van der Waals surface area contributed by atoms with Crippen molar-refractivity contribution < 1.29 is 22.8 Å². The van der Waals surface area contributed by atoms with Crippen molar-refractivity contribution in [3.05, 3.63) is 35.4 Å². The summed E-state index contributed by atoms with van der Waals surface area (Å²) in [6.45, 7) is 1.38. The summed E-state index contributed by atoms with van der Waals surface area (Å²) < 4.78 is 36.8. The van der Waals surface area contributed by atoms with Crippen molar-refractivity contribution in [1.29, 1.82) is 0 Å². The molecular weight excluding hydrogens is 249 g/mol. The van der Waals surface area contributed by atoms with Gasteiger partial charge in [-0.3, -0.25) is 9.59 Å². The lowest BCUT2D eigenvalue weighted by Gasteiger charge is -2.11. The van der Waals surface area contributed by atoms with Gasteiger partial charge in [0, 0.05) is 5.56 Å². The molecule has 0 spiro atoms. The molecule has 3 N–H and O–H groups in total. The average molecular weight is 260 g/mol. The van der Waals surface area contributed by atoms with Crippen molar-refractivity contribution in [1.82, 2.24) is 5.32 Å². The first-order valence-corrected chi connectivity index (χ1v) is 4.99. The number of alkyl halides is 3. The molecule has 0 heterocycles. The molecule has 0 saturated carbocycles. The average Bonchev–Trinajstić information content (AvgIpc) is 2.27. The summed E-state index contributed by atoms with van der Waals surface area (Å²) in [7, 11) is 0. The molecule has 98 valence electrons. The normalized spacial score (nSPS) is 12.9. The molecule has 18 heavy (non-hydrogen) atoms. The Balaban J connectivity index is 2.80. The molecule has 0 aromatic heterocycles. The highest BCUT2D eigenvalue weighted by Crippen LogP contribution is 2.28. The van der Waals surface area contributed by atoms with E-state index in [4.69, 9.17) is 5.73 Å². The fraction of sp³-hybridized carbons (Fsp3) is 0.273. The minimum Gasteiger partial charge on any atom is -0.368 e. The van der Waals surface area contributed by atoms with Gasteiger partial charge in [-0.2, -0.15) is 13.2 Å². The van der Waals surface area contributed by atoms with Gasteiger partial charge >= 0.3 is 6.18 Å². The monoisotopic (exact) mass is 260 g/mol. The van der Waals surface area contributed by atoms with Crippen LogP contribution in [0.2, 0.25) is 0 Å². The van der Waals surface area contributed by atoms with Gasteiger partial charge in [0.05, 0.1) is 5.56 Å². The summed E-state index contributed by atoms with van der Waals surface area (Å²) >= 11 is 0. The number of primary amides is 1. The van der Waals surface area contributed by atoms with Crippen LogP contribution in [0.5, 0.6) is 0 Å². The summed E-state index contributed by atoms with van der Waals surface area (Å²) in [4.78, 5) is 22.2. The molecule has 1 aromatic rings. The number of carbonyl (C=O) groups is 2. The third-order valence-electron chi connectivity index (χ3n) is 2.25. The second-order valence-corrected chi connectivity index (χ2v) is 3.67. The Bertz CT molecular complexity index is 454. The number of nitrogens with two attached hydrogens (primary N) is 1. The van der Waals surface area contributed by atoms with Crippen molar-refractivity contribution in [2.45, 2.75) is 19.1 Å². The van der Waals surface area contributed by atoms with E-state index in [1.54, 1.807) is 0 Å². The minimum atomic E-state index is -4.45. The predicted molar refractivity (Wildman–Crippen MR) is 57.6 cm³/mol. The van der Waals surface area contributed by atoms with Gasteiger partial charge in [-0.25, -0.2) is 0 Å². The number of hydrogen-bond donors (Lipinski definition) is 2. The lowest BCUT2D eigenvalue weighted by Crippen LogP contribution is -2.42. The number of amides is 2. The maximum absolute atomic E-state index is 12.3. The van der Waals surface area contributed by atoms with Crippen LogP contribution in [0, 0.1) is 0 Å². The minimum absolute atomic E-state index is 0.0242. The molecule has 2 amide bonds. The zero-order valence-electron chi connectivity index (χ0n) is 9.41. The summed E-state index contributed by atoms with van der Waals surface area (Å²) in [5, 5.41) is 2.26. The zero-order chi connectivity index (χ0) is 13.9. The highest BCUT2D eigenvalue weighted by Gasteiger charge is 2.30. The van der Waals surface area contributed by atoms with Crippen LogP contribution >= 0.6 is 0 Å². The van der Waals surface area contributed by atoms with Crippen molar-refractivity contribution in [3.63, 3.8) is 0 Å². The highest BCUT2D eigenvalue weighted by atomic mass is 19.4. The van der Waals surface area contributed by atoms with Gasteiger partial charge in [0.1, 0.15) is 6.04 Å². The van der Waals surface area contributed by atoms with Crippen LogP contribution in [0.4, 0.5) is 13.2 Å². The first-order chi connectivity index (χ1) is 8.21. The molecule has 1 rings (SSSR count). The van der Waals surface area contributed by atoms with Gasteiger partial charge in [0.15, 0.2) is 0 Å². The molecule has 0 bridgehead atoms. The van der Waals surface area contributed by atoms with Gasteiger partial charge in [-0.1, -0.05) is 0 Å². The standard InChI is InChI=1S/C11H11F3N2O2/c1-6(9(15)17)16-10(18)7-2-4-8(5-3-7)11(12,13)14/h2-6H,1H3,(H2,15,17)(H,16,18). The Labute approximate surface area is 101 Å². The molecule has 1 unspecified atom stereocenters. The van der Waals surface area contributed by atoms with Gasteiger partial charge in [0.25, 0.3) is 5.91 Å². The van der Waals surface area contributed by atoms with E-state index in [0.717, 1.165) is 24.3 Å². The molecule has 0 fully saturated rings. The number of halogens is 3. The number of hydrogen-bond acceptors (Lipinski definition) is 2. The molecule has 0 saturated heterocycles. The van der Waals surface area contributed by atoms with E-state index in [0.29, 0.717) is 0 Å². The van der Waals surface area contributed by atoms with Gasteiger partial charge in [-0.15, -0.1) is 0 Å². The van der Waals surface area contributed by atoms with Gasteiger partial charge < -0.3 is 11.1 Å². The second-order valence-electron chi connectivity index (χ2n) is 3.67. The molecule has 4 nitrogen and oxygen atoms in total. The molecule has 0 radical (unpaired) electrons. The fourth-order valence-corrected chi connectivity index (χ4v) is 1.16. The van der Waals surface area contributed by atoms with Crippen molar-refractivity contribution in [2.24, 2.45) is 5.73 Å². The molecular formula is C11H11F3N2O2. The van der Waals surface area contributed by atoms with Crippen molar-refractivity contribution in [2.75, 3.05) is 0 Å². The maximum Gasteiger partial charge on any atom is 0.416 e. The summed E-state index contributed by atoms with van der Waals surface area (Å²) in [6.07, 6.45) is -4.45. The highest BCUT2D eigenvalue weighted by molar-refractivity contribution is 5.97. The van der Waals surface area contributed by atoms with E-state index in [1.807, 2.05) is 0 Å². The smallest absolute Gasteiger partial charge is 0.368 e. The van der Waals surface area contributed by atoms with E-state index in [9.17, 15) is 22.8 Å². The number of nitrogens with one attached hydrogen (secondary N) is 1. The Kier molecular flexibility index (Phi) is 3.95. The molecule has 0 aliphatic carbocycles. The molecule has 0 aliphatic heterocycles. The third kappa shape index (κ3) is 3.47. The fourth-order valence-electron chi connectivity index (χ4n) is 1.16. The number of carbonyl (C=O) groups excluding carboxylic acids is 2. The first-order valence-electron chi connectivity index (χ1n) is 4.99. The lowest BCUT2D eigenvalue weighted by molar-refractivity contribution is -0.137. The SMILES string of the molecule is CC(NC(=O)c1ccc(C(F)(F)F)cc1)C(N)=O. The van der Waals surface area contributed by atoms with E-state index in [1.165, 1.54) is 6.92 Å². The largest absolute Gasteiger partial charge is 0.416 e. The van der Waals surface area contributed by atoms with Crippen molar-refractivity contribution >= 4 is 11.8 Å². The zero-order valence-corrected chi connectivity index (χ0v) is 9.41. The predicted octanol–water partition coefficient (Wildman–Crippen LogP) is 1.31. The van der Waals surface area contributed by atoms with Crippen LogP contribution in [-0.2, 0) is 11.0 Å². The van der Waals surface area contributed by atoms with E-state index in [2.05, 4.69) is 5.32 Å². The van der Waals surface area contributed by atoms with Crippen molar-refractivity contribution in [3.8, 4) is 0 Å². The van der Waals surface area contributed by atoms with Crippen LogP contribution < -0.4 is 11.1 Å². The Morgan fingerprint density at radius 2 is 1.72 bits per heavy atom. The quantitative estimate of drug-likeness (QED) is 0.860. The topological polar surface area (TPSA) is 72.2 Å².